The maximum absolute atomic E-state index is 13.0. The van der Waals surface area contributed by atoms with Gasteiger partial charge >= 0.3 is 0 Å². The fourth-order valence-corrected chi connectivity index (χ4v) is 6.00. The third-order valence-electron chi connectivity index (χ3n) is 6.80. The smallest absolute Gasteiger partial charge is 0.242 e. The summed E-state index contributed by atoms with van der Waals surface area (Å²) in [4.78, 5) is 15.4. The average molecular weight is 502 g/mol. The van der Waals surface area contributed by atoms with E-state index in [1.807, 2.05) is 12.3 Å². The molecule has 1 saturated carbocycles. The van der Waals surface area contributed by atoms with Crippen LogP contribution in [0.15, 0.2) is 36.7 Å². The van der Waals surface area contributed by atoms with Gasteiger partial charge in [-0.05, 0) is 41.5 Å². The summed E-state index contributed by atoms with van der Waals surface area (Å²) < 4.78 is 49.2. The molecule has 0 amide bonds. The second-order valence-electron chi connectivity index (χ2n) is 10.1. The van der Waals surface area contributed by atoms with Crippen LogP contribution in [-0.2, 0) is 9.84 Å². The molecule has 3 heterocycles. The lowest BCUT2D eigenvalue weighted by Gasteiger charge is -2.41. The first-order valence-electron chi connectivity index (χ1n) is 11.8. The Hall–Kier alpha value is -2.88. The predicted molar refractivity (Wildman–Crippen MR) is 133 cm³/mol. The first-order valence-corrected chi connectivity index (χ1v) is 13.9. The molecule has 0 radical (unpaired) electrons. The Balaban J connectivity index is 1.40. The standard InChI is InChI=1S/C25H29F2N5O2S/c1-14(2)16-4-5-21(32-11-15(12-32)13-35(3,33)34)20-10-29-23(9-17(16)20)30-22-6-7-28-25(31-22)19-8-18(19)24(26)27/h4-7,9-10,14-15,18-19,24H,8,11-13H2,1-3H3,(H,28,29,30,31)/t18-,19-/m1/s1. The van der Waals surface area contributed by atoms with Crippen LogP contribution in [-0.4, -0.2) is 54.9 Å². The Kier molecular flexibility index (Phi) is 6.11. The minimum Gasteiger partial charge on any atom is -0.370 e. The Morgan fingerprint density at radius 3 is 2.54 bits per heavy atom. The van der Waals surface area contributed by atoms with Crippen molar-refractivity contribution in [3.63, 3.8) is 0 Å². The van der Waals surface area contributed by atoms with Gasteiger partial charge < -0.3 is 10.2 Å². The van der Waals surface area contributed by atoms with Gasteiger partial charge in [-0.25, -0.2) is 32.2 Å². The molecule has 1 aliphatic heterocycles. The van der Waals surface area contributed by atoms with Crippen LogP contribution in [0, 0.1) is 11.8 Å². The number of sulfone groups is 1. The predicted octanol–water partition coefficient (Wildman–Crippen LogP) is 4.74. The molecule has 2 aliphatic rings. The lowest BCUT2D eigenvalue weighted by atomic mass is 9.93. The summed E-state index contributed by atoms with van der Waals surface area (Å²) in [6.45, 7) is 5.68. The van der Waals surface area contributed by atoms with Gasteiger partial charge in [-0.1, -0.05) is 19.9 Å². The fraction of sp³-hybridized carbons (Fsp3) is 0.480. The molecular formula is C25H29F2N5O2S. The number of hydrogen-bond donors (Lipinski definition) is 1. The normalized spacial score (nSPS) is 20.5. The first kappa shape index (κ1) is 23.8. The van der Waals surface area contributed by atoms with E-state index in [-0.39, 0.29) is 17.6 Å². The van der Waals surface area contributed by atoms with E-state index in [2.05, 4.69) is 51.1 Å². The highest BCUT2D eigenvalue weighted by atomic mass is 32.2. The first-order chi connectivity index (χ1) is 16.6. The van der Waals surface area contributed by atoms with Crippen LogP contribution >= 0.6 is 0 Å². The quantitative estimate of drug-likeness (QED) is 0.477. The summed E-state index contributed by atoms with van der Waals surface area (Å²) in [7, 11) is -2.99. The number of fused-ring (bicyclic) bond motifs is 1. The van der Waals surface area contributed by atoms with Crippen molar-refractivity contribution in [1.29, 1.82) is 0 Å². The van der Waals surface area contributed by atoms with Crippen molar-refractivity contribution in [2.45, 2.75) is 38.5 Å². The van der Waals surface area contributed by atoms with E-state index in [1.165, 1.54) is 11.8 Å². The van der Waals surface area contributed by atoms with Crippen LogP contribution in [0.5, 0.6) is 0 Å². The summed E-state index contributed by atoms with van der Waals surface area (Å²) in [6, 6.07) is 7.91. The molecule has 186 valence electrons. The second-order valence-corrected chi connectivity index (χ2v) is 12.3. The van der Waals surface area contributed by atoms with Crippen molar-refractivity contribution < 1.29 is 17.2 Å². The maximum atomic E-state index is 13.0. The summed E-state index contributed by atoms with van der Waals surface area (Å²) >= 11 is 0. The van der Waals surface area contributed by atoms with Crippen molar-refractivity contribution in [3.8, 4) is 0 Å². The van der Waals surface area contributed by atoms with Crippen LogP contribution in [0.25, 0.3) is 10.8 Å². The van der Waals surface area contributed by atoms with Crippen molar-refractivity contribution in [3.05, 3.63) is 48.0 Å². The molecule has 10 heteroatoms. The van der Waals surface area contributed by atoms with E-state index >= 15 is 0 Å². The Bertz CT molecular complexity index is 1360. The molecule has 7 nitrogen and oxygen atoms in total. The van der Waals surface area contributed by atoms with Gasteiger partial charge in [0.05, 0.1) is 5.75 Å². The van der Waals surface area contributed by atoms with Crippen LogP contribution in [0.2, 0.25) is 0 Å². The highest BCUT2D eigenvalue weighted by Gasteiger charge is 2.47. The summed E-state index contributed by atoms with van der Waals surface area (Å²) in [6.07, 6.45) is 2.76. The molecule has 1 N–H and O–H groups in total. The van der Waals surface area contributed by atoms with E-state index in [0.29, 0.717) is 42.9 Å². The van der Waals surface area contributed by atoms with Gasteiger partial charge in [-0.15, -0.1) is 0 Å². The van der Waals surface area contributed by atoms with Gasteiger partial charge in [0, 0.05) is 60.6 Å². The zero-order valence-electron chi connectivity index (χ0n) is 19.9. The van der Waals surface area contributed by atoms with Crippen molar-refractivity contribution >= 4 is 37.9 Å². The minimum absolute atomic E-state index is 0.141. The number of nitrogens with one attached hydrogen (secondary N) is 1. The Labute approximate surface area is 203 Å². The zero-order chi connectivity index (χ0) is 24.9. The van der Waals surface area contributed by atoms with Crippen LogP contribution in [0.4, 0.5) is 26.1 Å². The number of nitrogens with zero attached hydrogens (tertiary/aromatic N) is 4. The number of benzene rings is 1. The van der Waals surface area contributed by atoms with E-state index in [9.17, 15) is 17.2 Å². The molecule has 0 unspecified atom stereocenters. The summed E-state index contributed by atoms with van der Waals surface area (Å²) in [5, 5.41) is 5.29. The number of aromatic nitrogens is 3. The largest absolute Gasteiger partial charge is 0.370 e. The van der Waals surface area contributed by atoms with Crippen LogP contribution < -0.4 is 10.2 Å². The third-order valence-corrected chi connectivity index (χ3v) is 7.87. The molecule has 1 aromatic carbocycles. The lowest BCUT2D eigenvalue weighted by molar-refractivity contribution is 0.120. The van der Waals surface area contributed by atoms with Gasteiger partial charge in [0.25, 0.3) is 0 Å². The van der Waals surface area contributed by atoms with E-state index in [0.717, 1.165) is 16.5 Å². The van der Waals surface area contributed by atoms with Crippen LogP contribution in [0.1, 0.15) is 43.5 Å². The molecule has 1 saturated heterocycles. The molecule has 3 aromatic rings. The molecule has 1 aliphatic carbocycles. The van der Waals surface area contributed by atoms with E-state index < -0.39 is 22.2 Å². The topological polar surface area (TPSA) is 88.1 Å². The molecule has 2 aromatic heterocycles. The lowest BCUT2D eigenvalue weighted by Crippen LogP contribution is -2.49. The second kappa shape index (κ2) is 8.96. The summed E-state index contributed by atoms with van der Waals surface area (Å²) in [5.74, 6) is 1.26. The number of pyridine rings is 1. The Morgan fingerprint density at radius 2 is 1.89 bits per heavy atom. The maximum Gasteiger partial charge on any atom is 0.242 e. The van der Waals surface area contributed by atoms with E-state index in [1.54, 1.807) is 12.3 Å². The van der Waals surface area contributed by atoms with Crippen molar-refractivity contribution in [2.75, 3.05) is 35.3 Å². The van der Waals surface area contributed by atoms with Gasteiger partial charge in [-0.2, -0.15) is 0 Å². The van der Waals surface area contributed by atoms with Crippen LogP contribution in [0.3, 0.4) is 0 Å². The highest BCUT2D eigenvalue weighted by molar-refractivity contribution is 7.90. The molecule has 0 spiro atoms. The average Bonchev–Trinajstić information content (AvgIpc) is 3.56. The molecular weight excluding hydrogens is 472 g/mol. The van der Waals surface area contributed by atoms with Gasteiger partial charge in [0.15, 0.2) is 0 Å². The van der Waals surface area contributed by atoms with Gasteiger partial charge in [0.2, 0.25) is 6.43 Å². The zero-order valence-corrected chi connectivity index (χ0v) is 20.8. The fourth-order valence-electron chi connectivity index (χ4n) is 4.94. The SMILES string of the molecule is CC(C)c1ccc(N2CC(CS(C)(=O)=O)C2)c2cnc(Nc3ccnc([C@@H]4C[C@H]4C(F)F)n3)cc12. The number of hydrogen-bond acceptors (Lipinski definition) is 7. The molecule has 2 fully saturated rings. The van der Waals surface area contributed by atoms with Crippen molar-refractivity contribution in [1.82, 2.24) is 15.0 Å². The van der Waals surface area contributed by atoms with Gasteiger partial charge in [-0.3, -0.25) is 0 Å². The summed E-state index contributed by atoms with van der Waals surface area (Å²) in [5.41, 5.74) is 2.23. The van der Waals surface area contributed by atoms with Crippen molar-refractivity contribution in [2.24, 2.45) is 11.8 Å². The number of rotatable bonds is 8. The Morgan fingerprint density at radius 1 is 1.11 bits per heavy atom. The number of alkyl halides is 2. The molecule has 0 bridgehead atoms. The molecule has 5 rings (SSSR count). The molecule has 35 heavy (non-hydrogen) atoms. The van der Waals surface area contributed by atoms with E-state index in [4.69, 9.17) is 0 Å². The third kappa shape index (κ3) is 5.07. The highest BCUT2D eigenvalue weighted by Crippen LogP contribution is 2.49. The minimum atomic E-state index is -2.99. The number of anilines is 3. The molecule has 2 atom stereocenters. The number of halogens is 2. The monoisotopic (exact) mass is 501 g/mol. The van der Waals surface area contributed by atoms with Gasteiger partial charge in [0.1, 0.15) is 27.3 Å².